The summed E-state index contributed by atoms with van der Waals surface area (Å²) < 4.78 is 61.6. The van der Waals surface area contributed by atoms with Gasteiger partial charge in [-0.3, -0.25) is 14.2 Å². The maximum atomic E-state index is 13.1. The summed E-state index contributed by atoms with van der Waals surface area (Å²) in [6.07, 6.45) is 3.10. The molecule has 0 spiro atoms. The van der Waals surface area contributed by atoms with E-state index < -0.39 is 23.1 Å². The predicted octanol–water partition coefficient (Wildman–Crippen LogP) is 7.42. The van der Waals surface area contributed by atoms with Gasteiger partial charge in [-0.15, -0.1) is 5.10 Å². The molecule has 0 aromatic carbocycles. The van der Waals surface area contributed by atoms with Crippen molar-refractivity contribution in [3.63, 3.8) is 0 Å². The Labute approximate surface area is 292 Å². The maximum absolute atomic E-state index is 13.1. The van der Waals surface area contributed by atoms with E-state index in [1.807, 2.05) is 25.7 Å². The maximum Gasteiger partial charge on any atom is 0.410 e. The molecule has 1 saturated heterocycles. The van der Waals surface area contributed by atoms with E-state index in [2.05, 4.69) is 33.8 Å². The number of carbonyl (C=O) groups excluding carboxylic acids is 2. The summed E-state index contributed by atoms with van der Waals surface area (Å²) in [5, 5.41) is 8.44. The first-order valence-electron chi connectivity index (χ1n) is 16.0. The van der Waals surface area contributed by atoms with E-state index in [4.69, 9.17) is 25.3 Å². The number of halogens is 4. The number of amides is 2. The summed E-state index contributed by atoms with van der Waals surface area (Å²) in [4.78, 5) is 31.5. The highest BCUT2D eigenvalue weighted by Gasteiger charge is 2.62. The van der Waals surface area contributed by atoms with E-state index in [1.54, 1.807) is 17.1 Å². The minimum atomic E-state index is -4.23. The number of hydrogen-bond donors (Lipinski definition) is 1. The Balaban J connectivity index is 1.03. The smallest absolute Gasteiger partial charge is 0.410 e. The average Bonchev–Trinajstić information content (AvgIpc) is 3.28. The number of carbonyl (C=O) groups is 2. The summed E-state index contributed by atoms with van der Waals surface area (Å²) in [6, 6.07) is 4.51. The molecular formula is C32H41ClF3N7O5S. The topological polar surface area (TPSA) is 126 Å². The van der Waals surface area contributed by atoms with Crippen molar-refractivity contribution in [2.24, 2.45) is 11.3 Å². The van der Waals surface area contributed by atoms with Crippen molar-refractivity contribution in [3.8, 4) is 17.4 Å². The van der Waals surface area contributed by atoms with Gasteiger partial charge in [0.2, 0.25) is 5.88 Å². The molecule has 1 unspecified atom stereocenters. The molecule has 1 saturated carbocycles. The summed E-state index contributed by atoms with van der Waals surface area (Å²) in [5.41, 5.74) is -2.35. The first-order valence-corrected chi connectivity index (χ1v) is 17.2. The monoisotopic (exact) mass is 727 g/mol. The zero-order chi connectivity index (χ0) is 35.6. The second-order valence-corrected chi connectivity index (χ2v) is 15.0. The molecule has 1 atom stereocenters. The fourth-order valence-electron chi connectivity index (χ4n) is 5.84. The van der Waals surface area contributed by atoms with Gasteiger partial charge in [0.05, 0.1) is 30.0 Å². The zero-order valence-corrected chi connectivity index (χ0v) is 29.6. The fourth-order valence-corrected chi connectivity index (χ4v) is 6.49. The predicted molar refractivity (Wildman–Crippen MR) is 176 cm³/mol. The van der Waals surface area contributed by atoms with E-state index in [-0.39, 0.29) is 54.1 Å². The number of rotatable bonds is 13. The van der Waals surface area contributed by atoms with Crippen molar-refractivity contribution < 1.29 is 36.4 Å². The van der Waals surface area contributed by atoms with Crippen LogP contribution in [0.4, 0.5) is 18.0 Å². The quantitative estimate of drug-likeness (QED) is 0.109. The van der Waals surface area contributed by atoms with Crippen LogP contribution in [0.3, 0.4) is 0 Å². The lowest BCUT2D eigenvalue weighted by atomic mass is 9.93. The lowest BCUT2D eigenvalue weighted by Gasteiger charge is -2.33. The van der Waals surface area contributed by atoms with Crippen LogP contribution >= 0.6 is 23.8 Å². The van der Waals surface area contributed by atoms with E-state index in [0.29, 0.717) is 42.8 Å². The van der Waals surface area contributed by atoms with Crippen molar-refractivity contribution in [2.75, 3.05) is 13.2 Å². The Morgan fingerprint density at radius 3 is 2.59 bits per heavy atom. The van der Waals surface area contributed by atoms with Crippen LogP contribution < -0.4 is 13.6 Å². The third-order valence-electron chi connectivity index (χ3n) is 8.62. The van der Waals surface area contributed by atoms with Crippen LogP contribution in [0.15, 0.2) is 36.8 Å². The average molecular weight is 728 g/mol. The Morgan fingerprint density at radius 2 is 1.92 bits per heavy atom. The summed E-state index contributed by atoms with van der Waals surface area (Å²) in [5.74, 6) is 0.716. The highest BCUT2D eigenvalue weighted by atomic mass is 35.5. The Hall–Kier alpha value is -3.66. The molecule has 268 valence electrons. The highest BCUT2D eigenvalue weighted by molar-refractivity contribution is 7.93. The molecule has 3 aromatic heterocycles. The van der Waals surface area contributed by atoms with Gasteiger partial charge in [-0.2, -0.15) is 18.3 Å². The van der Waals surface area contributed by atoms with Crippen molar-refractivity contribution >= 4 is 35.8 Å². The molecule has 2 aliphatic rings. The molecule has 3 aromatic rings. The van der Waals surface area contributed by atoms with Gasteiger partial charge in [-0.05, 0) is 91.2 Å². The van der Waals surface area contributed by atoms with Crippen LogP contribution in [0.2, 0.25) is 5.15 Å². The lowest BCUT2D eigenvalue weighted by Crippen LogP contribution is -2.45. The van der Waals surface area contributed by atoms with Gasteiger partial charge in [0.25, 0.3) is 5.91 Å². The van der Waals surface area contributed by atoms with Crippen molar-refractivity contribution in [2.45, 2.75) is 97.0 Å². The lowest BCUT2D eigenvalue weighted by molar-refractivity contribution is -0.190. The number of ether oxygens (including phenoxy) is 2. The molecule has 4 heterocycles. The van der Waals surface area contributed by atoms with Crippen molar-refractivity contribution in [1.29, 1.82) is 0 Å². The minimum absolute atomic E-state index is 0.0814. The number of aryl methyl sites for hydroxylation is 1. The molecule has 2 amide bonds. The molecule has 2 fully saturated rings. The van der Waals surface area contributed by atoms with Gasteiger partial charge >= 0.3 is 12.3 Å². The van der Waals surface area contributed by atoms with Crippen LogP contribution in [0.1, 0.15) is 83.5 Å². The number of nitrogens with one attached hydrogen (secondary N) is 1. The van der Waals surface area contributed by atoms with Crippen molar-refractivity contribution in [1.82, 2.24) is 34.2 Å². The molecule has 12 nitrogen and oxygen atoms in total. The van der Waals surface area contributed by atoms with Gasteiger partial charge < -0.3 is 18.6 Å². The van der Waals surface area contributed by atoms with Crippen molar-refractivity contribution in [3.05, 3.63) is 47.5 Å². The summed E-state index contributed by atoms with van der Waals surface area (Å²) in [6.45, 7) is 10.9. The van der Waals surface area contributed by atoms with Gasteiger partial charge in [-0.1, -0.05) is 11.6 Å². The van der Waals surface area contributed by atoms with E-state index in [1.165, 1.54) is 29.1 Å². The van der Waals surface area contributed by atoms with Crippen LogP contribution in [0.25, 0.3) is 5.82 Å². The molecule has 0 bridgehead atoms. The normalized spacial score (nSPS) is 18.3. The van der Waals surface area contributed by atoms with Crippen LogP contribution in [-0.2, 0) is 11.3 Å². The van der Waals surface area contributed by atoms with Crippen LogP contribution in [0, 0.1) is 11.3 Å². The Bertz CT molecular complexity index is 1640. The fraction of sp³-hybridized carbons (Fsp3) is 0.594. The van der Waals surface area contributed by atoms with E-state index in [0.717, 1.165) is 19.3 Å². The van der Waals surface area contributed by atoms with Crippen LogP contribution in [0.5, 0.6) is 11.6 Å². The van der Waals surface area contributed by atoms with Gasteiger partial charge in [0.1, 0.15) is 10.8 Å². The number of likely N-dealkylation sites (tertiary alicyclic amines) is 1. The highest BCUT2D eigenvalue weighted by Crippen LogP contribution is 2.59. The molecule has 5 rings (SSSR count). The standard InChI is InChI=1S/C32H41ClF3N7O5S/c1-29(2,3)47-28(45)42-19-21(17-30(42,4)5)7-6-14-41-20-22(18-37-41)48-49-40-27(44)23-8-9-24(38-26(23)33)43-15-10-25(39-43)46-16-13-31(11-12-31)32(34,35)36/h8-10,15,18,20-21H,6-7,11-14,16-17,19H2,1-5H3,(H,40,44). The Morgan fingerprint density at radius 1 is 1.16 bits per heavy atom. The third kappa shape index (κ3) is 9.32. The molecule has 1 aliphatic carbocycles. The molecular weight excluding hydrogens is 687 g/mol. The zero-order valence-electron chi connectivity index (χ0n) is 28.1. The van der Waals surface area contributed by atoms with Gasteiger partial charge in [0, 0.05) is 30.9 Å². The second kappa shape index (κ2) is 14.3. The largest absolute Gasteiger partial charge is 0.477 e. The van der Waals surface area contributed by atoms with E-state index in [9.17, 15) is 22.8 Å². The van der Waals surface area contributed by atoms with E-state index >= 15 is 0 Å². The third-order valence-corrected chi connectivity index (χ3v) is 9.45. The summed E-state index contributed by atoms with van der Waals surface area (Å²) in [7, 11) is 0. The number of hydrogen-bond acceptors (Lipinski definition) is 9. The Kier molecular flexibility index (Phi) is 10.7. The minimum Gasteiger partial charge on any atom is -0.477 e. The molecule has 49 heavy (non-hydrogen) atoms. The van der Waals surface area contributed by atoms with Crippen LogP contribution in [-0.4, -0.2) is 71.9 Å². The number of nitrogens with zero attached hydrogens (tertiary/aromatic N) is 6. The van der Waals surface area contributed by atoms with Gasteiger partial charge in [-0.25, -0.2) is 14.5 Å². The first kappa shape index (κ1) is 36.6. The first-order chi connectivity index (χ1) is 22.9. The number of alkyl halides is 3. The number of pyridine rings is 1. The van der Waals surface area contributed by atoms with Gasteiger partial charge in [0.15, 0.2) is 23.8 Å². The number of aromatic nitrogens is 5. The molecule has 1 aliphatic heterocycles. The second-order valence-electron chi connectivity index (χ2n) is 14.1. The molecule has 17 heteroatoms. The molecule has 0 radical (unpaired) electrons. The molecule has 1 N–H and O–H groups in total. The summed E-state index contributed by atoms with van der Waals surface area (Å²) >= 11 is 6.99. The SMILES string of the molecule is CC(C)(C)OC(=O)N1CC(CCCn2cc(OSNC(=O)c3ccc(-n4ccc(OCCC5(C(F)(F)F)CC5)n4)nc3Cl)cn2)CC1(C)C.